The molecule has 0 unspecified atom stereocenters. The molecule has 0 heterocycles. The largest absolute Gasteiger partial charge is 0.573 e. The molecule has 0 aliphatic carbocycles. The van der Waals surface area contributed by atoms with E-state index >= 15 is 0 Å². The maximum absolute atomic E-state index is 12.1. The molecule has 0 fully saturated rings. The van der Waals surface area contributed by atoms with E-state index in [1.807, 2.05) is 0 Å². The highest BCUT2D eigenvalue weighted by Gasteiger charge is 2.31. The molecule has 0 aliphatic heterocycles. The minimum atomic E-state index is -4.82. The molecule has 6 nitrogen and oxygen atoms in total. The summed E-state index contributed by atoms with van der Waals surface area (Å²) in [5.41, 5.74) is 7.09. The Kier molecular flexibility index (Phi) is 4.93. The normalized spacial score (nSPS) is 11.7. The van der Waals surface area contributed by atoms with E-state index in [9.17, 15) is 13.2 Å². The Morgan fingerprint density at radius 2 is 2.10 bits per heavy atom. The first-order chi connectivity index (χ1) is 9.21. The molecule has 10 heteroatoms. The Bertz CT molecular complexity index is 594. The van der Waals surface area contributed by atoms with E-state index in [4.69, 9.17) is 16.4 Å². The first-order valence-electron chi connectivity index (χ1n) is 4.86. The fourth-order valence-electron chi connectivity index (χ4n) is 1.09. The highest BCUT2D eigenvalue weighted by atomic mass is 79.9. The molecule has 0 amide bonds. The van der Waals surface area contributed by atoms with Gasteiger partial charge in [-0.25, -0.2) is 0 Å². The standard InChI is InChI=1S/C10H7BrF3N5O/c11-5-1-6(18-19-8(4-15)9(16)17)3-7(2-5)20-10(12,13)14/h1-3,18H,(H3,16,17)/b19-8+. The van der Waals surface area contributed by atoms with E-state index in [-0.39, 0.29) is 5.69 Å². The summed E-state index contributed by atoms with van der Waals surface area (Å²) in [5, 5.41) is 19.1. The van der Waals surface area contributed by atoms with Crippen molar-refractivity contribution >= 4 is 33.2 Å². The number of amidine groups is 1. The second kappa shape index (κ2) is 6.25. The Labute approximate surface area is 119 Å². The zero-order valence-electron chi connectivity index (χ0n) is 9.62. The highest BCUT2D eigenvalue weighted by molar-refractivity contribution is 9.10. The van der Waals surface area contributed by atoms with E-state index in [1.54, 1.807) is 6.07 Å². The molecular weight excluding hydrogens is 343 g/mol. The van der Waals surface area contributed by atoms with Gasteiger partial charge < -0.3 is 10.5 Å². The third kappa shape index (κ3) is 5.15. The van der Waals surface area contributed by atoms with Gasteiger partial charge in [-0.05, 0) is 12.1 Å². The molecule has 0 aliphatic rings. The van der Waals surface area contributed by atoms with Gasteiger partial charge >= 0.3 is 6.36 Å². The molecule has 106 valence electrons. The van der Waals surface area contributed by atoms with Crippen LogP contribution in [0.25, 0.3) is 0 Å². The predicted octanol–water partition coefficient (Wildman–Crippen LogP) is 2.58. The van der Waals surface area contributed by atoms with Crippen LogP contribution < -0.4 is 15.9 Å². The summed E-state index contributed by atoms with van der Waals surface area (Å²) in [7, 11) is 0. The average Bonchev–Trinajstić information content (AvgIpc) is 2.25. The summed E-state index contributed by atoms with van der Waals surface area (Å²) < 4.78 is 40.4. The topological polar surface area (TPSA) is 107 Å². The molecule has 20 heavy (non-hydrogen) atoms. The number of nitrogens with one attached hydrogen (secondary N) is 2. The van der Waals surface area contributed by atoms with Crippen LogP contribution >= 0.6 is 15.9 Å². The molecule has 0 bridgehead atoms. The second-order valence-electron chi connectivity index (χ2n) is 3.32. The number of alkyl halides is 3. The number of nitriles is 1. The van der Waals surface area contributed by atoms with E-state index in [1.165, 1.54) is 6.07 Å². The Hall–Kier alpha value is -2.28. The molecule has 1 aromatic carbocycles. The summed E-state index contributed by atoms with van der Waals surface area (Å²) in [6.45, 7) is 0. The van der Waals surface area contributed by atoms with Crippen LogP contribution in [0, 0.1) is 16.7 Å². The molecule has 1 aromatic rings. The van der Waals surface area contributed by atoms with Gasteiger partial charge in [0.25, 0.3) is 0 Å². The van der Waals surface area contributed by atoms with Crippen molar-refractivity contribution in [2.45, 2.75) is 6.36 Å². The van der Waals surface area contributed by atoms with Crippen molar-refractivity contribution in [1.29, 1.82) is 10.7 Å². The van der Waals surface area contributed by atoms with Gasteiger partial charge in [0.15, 0.2) is 5.84 Å². The van der Waals surface area contributed by atoms with Gasteiger partial charge in [0.05, 0.1) is 5.69 Å². The van der Waals surface area contributed by atoms with Gasteiger partial charge in [0.2, 0.25) is 5.71 Å². The van der Waals surface area contributed by atoms with Crippen LogP contribution in [0.15, 0.2) is 27.8 Å². The Balaban J connectivity index is 2.97. The smallest absolute Gasteiger partial charge is 0.406 e. The SMILES string of the molecule is N#C/C(=N\Nc1cc(Br)cc(OC(F)(F)F)c1)C(=N)N. The van der Waals surface area contributed by atoms with E-state index < -0.39 is 23.7 Å². The van der Waals surface area contributed by atoms with Crippen LogP contribution in [0.4, 0.5) is 18.9 Å². The number of halogens is 4. The molecule has 0 atom stereocenters. The van der Waals surface area contributed by atoms with Gasteiger partial charge in [-0.1, -0.05) is 15.9 Å². The molecule has 0 saturated carbocycles. The number of benzene rings is 1. The molecular formula is C10H7BrF3N5O. The van der Waals surface area contributed by atoms with Crippen molar-refractivity contribution in [3.8, 4) is 11.8 Å². The van der Waals surface area contributed by atoms with Gasteiger partial charge in [0.1, 0.15) is 11.8 Å². The number of nitrogens with two attached hydrogens (primary N) is 1. The number of hydrogen-bond donors (Lipinski definition) is 3. The molecule has 0 aromatic heterocycles. The van der Waals surface area contributed by atoms with Crippen molar-refractivity contribution in [2.24, 2.45) is 10.8 Å². The van der Waals surface area contributed by atoms with Crippen LogP contribution in [0.3, 0.4) is 0 Å². The van der Waals surface area contributed by atoms with Crippen LogP contribution in [0.1, 0.15) is 0 Å². The quantitative estimate of drug-likeness (QED) is 0.441. The van der Waals surface area contributed by atoms with Gasteiger partial charge in [-0.3, -0.25) is 10.8 Å². The zero-order chi connectivity index (χ0) is 15.3. The lowest BCUT2D eigenvalue weighted by Gasteiger charge is -2.10. The van der Waals surface area contributed by atoms with Crippen molar-refractivity contribution in [1.82, 2.24) is 0 Å². The Morgan fingerprint density at radius 1 is 1.45 bits per heavy atom. The van der Waals surface area contributed by atoms with Crippen LogP contribution in [0.5, 0.6) is 5.75 Å². The van der Waals surface area contributed by atoms with Crippen LogP contribution in [-0.4, -0.2) is 17.9 Å². The Morgan fingerprint density at radius 3 is 2.60 bits per heavy atom. The maximum atomic E-state index is 12.1. The lowest BCUT2D eigenvalue weighted by Crippen LogP contribution is -2.21. The lowest BCUT2D eigenvalue weighted by atomic mass is 10.3. The first-order valence-corrected chi connectivity index (χ1v) is 5.65. The van der Waals surface area contributed by atoms with Gasteiger partial charge in [-0.2, -0.15) is 10.4 Å². The van der Waals surface area contributed by atoms with Gasteiger partial charge in [-0.15, -0.1) is 13.2 Å². The van der Waals surface area contributed by atoms with Gasteiger partial charge in [0, 0.05) is 10.5 Å². The summed E-state index contributed by atoms with van der Waals surface area (Å²) >= 11 is 3.01. The van der Waals surface area contributed by atoms with Crippen LogP contribution in [-0.2, 0) is 0 Å². The number of anilines is 1. The fourth-order valence-corrected chi connectivity index (χ4v) is 1.56. The summed E-state index contributed by atoms with van der Waals surface area (Å²) in [6.07, 6.45) is -4.82. The molecule has 0 spiro atoms. The van der Waals surface area contributed by atoms with Crippen molar-refractivity contribution in [2.75, 3.05) is 5.43 Å². The number of hydrogen-bond acceptors (Lipinski definition) is 5. The zero-order valence-corrected chi connectivity index (χ0v) is 11.2. The number of rotatable bonds is 4. The summed E-state index contributed by atoms with van der Waals surface area (Å²) in [6, 6.07) is 5.09. The molecule has 1 rings (SSSR count). The van der Waals surface area contributed by atoms with Crippen molar-refractivity contribution in [3.63, 3.8) is 0 Å². The number of nitrogens with zero attached hydrogens (tertiary/aromatic N) is 2. The first kappa shape index (κ1) is 15.8. The molecule has 0 saturated heterocycles. The van der Waals surface area contributed by atoms with Crippen LogP contribution in [0.2, 0.25) is 0 Å². The number of hydrazone groups is 1. The van der Waals surface area contributed by atoms with E-state index in [0.717, 1.165) is 12.1 Å². The van der Waals surface area contributed by atoms with E-state index in [0.29, 0.717) is 4.47 Å². The van der Waals surface area contributed by atoms with Crippen molar-refractivity contribution in [3.05, 3.63) is 22.7 Å². The monoisotopic (exact) mass is 349 g/mol. The molecule has 0 radical (unpaired) electrons. The van der Waals surface area contributed by atoms with E-state index in [2.05, 4.69) is 31.2 Å². The minimum Gasteiger partial charge on any atom is -0.406 e. The molecule has 4 N–H and O–H groups in total. The third-order valence-corrected chi connectivity index (χ3v) is 2.22. The average molecular weight is 350 g/mol. The number of ether oxygens (including phenoxy) is 1. The minimum absolute atomic E-state index is 0.118. The summed E-state index contributed by atoms with van der Waals surface area (Å²) in [5.74, 6) is -1.03. The van der Waals surface area contributed by atoms with Crippen molar-refractivity contribution < 1.29 is 17.9 Å². The second-order valence-corrected chi connectivity index (χ2v) is 4.24. The summed E-state index contributed by atoms with van der Waals surface area (Å²) in [4.78, 5) is 0. The predicted molar refractivity (Wildman–Crippen MR) is 69.4 cm³/mol. The maximum Gasteiger partial charge on any atom is 0.573 e. The lowest BCUT2D eigenvalue weighted by molar-refractivity contribution is -0.274. The highest BCUT2D eigenvalue weighted by Crippen LogP contribution is 2.29. The third-order valence-electron chi connectivity index (χ3n) is 1.76. The fraction of sp³-hybridized carbons (Fsp3) is 0.100.